The van der Waals surface area contributed by atoms with Gasteiger partial charge in [0.2, 0.25) is 11.8 Å². The van der Waals surface area contributed by atoms with Crippen LogP contribution in [0.2, 0.25) is 0 Å². The van der Waals surface area contributed by atoms with Crippen molar-refractivity contribution in [3.05, 3.63) is 6.33 Å². The van der Waals surface area contributed by atoms with Crippen molar-refractivity contribution in [1.82, 2.24) is 19.5 Å². The molecule has 0 spiro atoms. The number of fused-ring (bicyclic) bond motifs is 2. The second-order valence-electron chi connectivity index (χ2n) is 7.44. The Morgan fingerprint density at radius 1 is 1.50 bits per heavy atom. The monoisotopic (exact) mass is 473 g/mol. The molecule has 2 aromatic rings. The lowest BCUT2D eigenvalue weighted by molar-refractivity contribution is -0.153. The molecule has 15 heteroatoms. The summed E-state index contributed by atoms with van der Waals surface area (Å²) >= 11 is 0. The number of phosphoric acid groups is 1. The van der Waals surface area contributed by atoms with Gasteiger partial charge < -0.3 is 25.1 Å². The smallest absolute Gasteiger partial charge is 0.476 e. The first-order valence-electron chi connectivity index (χ1n) is 9.79. The lowest BCUT2D eigenvalue weighted by Gasteiger charge is -2.35. The number of carbonyl (C=O) groups excluding carboxylic acids is 1. The Morgan fingerprint density at radius 2 is 2.25 bits per heavy atom. The number of aromatic nitrogens is 4. The van der Waals surface area contributed by atoms with Crippen molar-refractivity contribution < 1.29 is 42.2 Å². The van der Waals surface area contributed by atoms with E-state index in [4.69, 9.17) is 33.5 Å². The van der Waals surface area contributed by atoms with Crippen LogP contribution in [0, 0.1) is 0 Å². The molecule has 0 saturated carbocycles. The van der Waals surface area contributed by atoms with Gasteiger partial charge in [0.05, 0.1) is 26.7 Å². The van der Waals surface area contributed by atoms with E-state index < -0.39 is 43.9 Å². The van der Waals surface area contributed by atoms with Crippen molar-refractivity contribution >= 4 is 30.9 Å². The normalized spacial score (nSPS) is 33.1. The van der Waals surface area contributed by atoms with Crippen molar-refractivity contribution in [2.24, 2.45) is 0 Å². The average molecular weight is 473 g/mol. The molecule has 0 amide bonds. The third kappa shape index (κ3) is 3.83. The van der Waals surface area contributed by atoms with Gasteiger partial charge in [-0.2, -0.15) is 9.97 Å². The van der Waals surface area contributed by atoms with Crippen LogP contribution in [0.4, 0.5) is 5.95 Å². The maximum Gasteiger partial charge on any atom is 0.476 e. The van der Waals surface area contributed by atoms with E-state index in [1.54, 1.807) is 6.92 Å². The zero-order chi connectivity index (χ0) is 23.3. The summed E-state index contributed by atoms with van der Waals surface area (Å²) in [7, 11) is -2.79. The third-order valence-electron chi connectivity index (χ3n) is 5.12. The van der Waals surface area contributed by atoms with Crippen LogP contribution in [0.1, 0.15) is 27.0 Å². The molecule has 2 aliphatic heterocycles. The van der Waals surface area contributed by atoms with Gasteiger partial charge in [-0.1, -0.05) is 0 Å². The molecule has 2 aliphatic rings. The van der Waals surface area contributed by atoms with Crippen molar-refractivity contribution in [3.63, 3.8) is 0 Å². The standard InChI is InChI=1S/C17H24N5O9P/c1-5-27-14(23)8(2)30-32(25)28-6-9-11(31-32)17(3,24)15(29-9)22-7-19-10-12(22)20-16(18)21-13(10)26-4/h7-9,11,15,24H,5-6H2,1-4H3,(H2,18,20,21)/t8-,9+,11+,15+,17+,32?/m0/s1. The van der Waals surface area contributed by atoms with Gasteiger partial charge in [-0.05, 0) is 20.8 Å². The van der Waals surface area contributed by atoms with Crippen molar-refractivity contribution in [1.29, 1.82) is 0 Å². The zero-order valence-electron chi connectivity index (χ0n) is 17.8. The quantitative estimate of drug-likeness (QED) is 0.439. The molecule has 0 aliphatic carbocycles. The molecule has 6 atom stereocenters. The van der Waals surface area contributed by atoms with Gasteiger partial charge in [0.15, 0.2) is 23.5 Å². The van der Waals surface area contributed by atoms with Gasteiger partial charge in [0, 0.05) is 0 Å². The molecule has 176 valence electrons. The molecular formula is C17H24N5O9P. The highest BCUT2D eigenvalue weighted by atomic mass is 31.2. The molecule has 0 radical (unpaired) electrons. The Kier molecular flexibility index (Phi) is 5.86. The highest BCUT2D eigenvalue weighted by molar-refractivity contribution is 7.48. The predicted molar refractivity (Wildman–Crippen MR) is 106 cm³/mol. The topological polar surface area (TPSA) is 179 Å². The highest BCUT2D eigenvalue weighted by Crippen LogP contribution is 2.59. The third-order valence-corrected chi connectivity index (χ3v) is 6.64. The Balaban J connectivity index is 1.60. The number of nitrogens with two attached hydrogens (primary N) is 1. The number of nitrogens with zero attached hydrogens (tertiary/aromatic N) is 4. The van der Waals surface area contributed by atoms with Crippen LogP contribution in [0.15, 0.2) is 6.33 Å². The molecule has 4 rings (SSSR count). The van der Waals surface area contributed by atoms with E-state index in [-0.39, 0.29) is 30.7 Å². The molecule has 2 fully saturated rings. The molecule has 2 saturated heterocycles. The van der Waals surface area contributed by atoms with E-state index >= 15 is 0 Å². The number of rotatable bonds is 6. The Bertz CT molecular complexity index is 1080. The lowest BCUT2D eigenvalue weighted by atomic mass is 9.96. The van der Waals surface area contributed by atoms with Gasteiger partial charge in [-0.15, -0.1) is 0 Å². The molecule has 32 heavy (non-hydrogen) atoms. The second kappa shape index (κ2) is 8.21. The first-order valence-corrected chi connectivity index (χ1v) is 11.3. The molecule has 3 N–H and O–H groups in total. The first-order chi connectivity index (χ1) is 15.1. The Hall–Kier alpha value is -2.35. The summed E-state index contributed by atoms with van der Waals surface area (Å²) in [4.78, 5) is 24.2. The minimum Gasteiger partial charge on any atom is -0.479 e. The fourth-order valence-electron chi connectivity index (χ4n) is 3.65. The maximum atomic E-state index is 13.0. The van der Waals surface area contributed by atoms with Crippen LogP contribution in [0.3, 0.4) is 0 Å². The minimum atomic E-state index is -4.20. The number of nitrogen functional groups attached to an aromatic ring is 1. The minimum absolute atomic E-state index is 0.0587. The number of carbonyl (C=O) groups is 1. The molecular weight excluding hydrogens is 449 g/mol. The molecule has 2 aromatic heterocycles. The number of ether oxygens (including phenoxy) is 3. The fourth-order valence-corrected chi connectivity index (χ4v) is 5.25. The van der Waals surface area contributed by atoms with E-state index in [9.17, 15) is 14.5 Å². The van der Waals surface area contributed by atoms with E-state index in [0.29, 0.717) is 5.52 Å². The number of anilines is 1. The summed E-state index contributed by atoms with van der Waals surface area (Å²) in [5, 5.41) is 11.3. The van der Waals surface area contributed by atoms with E-state index in [0.717, 1.165) is 0 Å². The van der Waals surface area contributed by atoms with E-state index in [1.165, 1.54) is 31.9 Å². The van der Waals surface area contributed by atoms with Crippen LogP contribution in [0.25, 0.3) is 11.2 Å². The van der Waals surface area contributed by atoms with Gasteiger partial charge in [0.1, 0.15) is 17.8 Å². The summed E-state index contributed by atoms with van der Waals surface area (Å²) in [5.74, 6) is -0.621. The predicted octanol–water partition coefficient (Wildman–Crippen LogP) is 0.557. The molecule has 0 bridgehead atoms. The van der Waals surface area contributed by atoms with Crippen LogP contribution >= 0.6 is 7.82 Å². The maximum absolute atomic E-state index is 13.0. The second-order valence-corrected chi connectivity index (χ2v) is 9.01. The van der Waals surface area contributed by atoms with E-state index in [1.807, 2.05) is 0 Å². The summed E-state index contributed by atoms with van der Waals surface area (Å²) in [6.07, 6.45) is -2.78. The number of hydrogen-bond donors (Lipinski definition) is 2. The molecule has 0 aromatic carbocycles. The number of phosphoric ester groups is 1. The summed E-state index contributed by atoms with van der Waals surface area (Å²) in [6, 6.07) is 0. The summed E-state index contributed by atoms with van der Waals surface area (Å²) < 4.78 is 46.4. The number of methoxy groups -OCH3 is 1. The van der Waals surface area contributed by atoms with Crippen LogP contribution in [-0.2, 0) is 32.4 Å². The van der Waals surface area contributed by atoms with Gasteiger partial charge >= 0.3 is 13.8 Å². The summed E-state index contributed by atoms with van der Waals surface area (Å²) in [5.41, 5.74) is 4.61. The number of esters is 1. The highest BCUT2D eigenvalue weighted by Gasteiger charge is 2.60. The van der Waals surface area contributed by atoms with Crippen LogP contribution in [-0.4, -0.2) is 74.8 Å². The van der Waals surface area contributed by atoms with E-state index in [2.05, 4.69) is 15.0 Å². The first kappa shape index (κ1) is 22.8. The van der Waals surface area contributed by atoms with Gasteiger partial charge in [0.25, 0.3) is 0 Å². The fraction of sp³-hybridized carbons (Fsp3) is 0.647. The molecule has 4 heterocycles. The largest absolute Gasteiger partial charge is 0.479 e. The number of imidazole rings is 1. The van der Waals surface area contributed by atoms with Crippen molar-refractivity contribution in [3.8, 4) is 5.88 Å². The van der Waals surface area contributed by atoms with Crippen molar-refractivity contribution in [2.75, 3.05) is 26.1 Å². The lowest BCUT2D eigenvalue weighted by Crippen LogP contribution is -2.48. The van der Waals surface area contributed by atoms with Gasteiger partial charge in [-0.25, -0.2) is 14.3 Å². The Morgan fingerprint density at radius 3 is 2.94 bits per heavy atom. The molecule has 1 unspecified atom stereocenters. The van der Waals surface area contributed by atoms with Crippen LogP contribution in [0.5, 0.6) is 5.88 Å². The number of hydrogen-bond acceptors (Lipinski definition) is 13. The number of aliphatic hydroxyl groups is 1. The average Bonchev–Trinajstić information content (AvgIpc) is 3.25. The van der Waals surface area contributed by atoms with Crippen molar-refractivity contribution in [2.45, 2.75) is 50.9 Å². The zero-order valence-corrected chi connectivity index (χ0v) is 18.7. The van der Waals surface area contributed by atoms with Gasteiger partial charge in [-0.3, -0.25) is 18.1 Å². The molecule has 14 nitrogen and oxygen atoms in total. The SMILES string of the molecule is CCOC(=O)[C@H](C)OP1(=O)OC[C@H]2O[C@@H](n3cnc4c(OC)nc(N)nc43)[C@](C)(O)[C@@H]2O1. The Labute approximate surface area is 182 Å². The van der Waals surface area contributed by atoms with Crippen LogP contribution < -0.4 is 10.5 Å². The summed E-state index contributed by atoms with van der Waals surface area (Å²) in [6.45, 7) is 4.35.